The highest BCUT2D eigenvalue weighted by Crippen LogP contribution is 2.18. The van der Waals surface area contributed by atoms with E-state index >= 15 is 0 Å². The van der Waals surface area contributed by atoms with Crippen LogP contribution in [0.4, 0.5) is 5.69 Å². The molecule has 1 amide bonds. The molecule has 4 rings (SSSR count). The van der Waals surface area contributed by atoms with Crippen molar-refractivity contribution in [2.75, 3.05) is 5.32 Å². The van der Waals surface area contributed by atoms with E-state index in [0.717, 1.165) is 11.3 Å². The molecule has 4 aromatic rings. The molecule has 6 nitrogen and oxygen atoms in total. The van der Waals surface area contributed by atoms with Gasteiger partial charge in [0.25, 0.3) is 5.91 Å². The third-order valence-electron chi connectivity index (χ3n) is 4.55. The summed E-state index contributed by atoms with van der Waals surface area (Å²) in [4.78, 5) is 12.5. The summed E-state index contributed by atoms with van der Waals surface area (Å²) in [5.41, 5.74) is 3.61. The van der Waals surface area contributed by atoms with E-state index < -0.39 is 0 Å². The van der Waals surface area contributed by atoms with Crippen molar-refractivity contribution < 1.29 is 9.53 Å². The van der Waals surface area contributed by atoms with Crippen LogP contribution >= 0.6 is 11.6 Å². The Kier molecular flexibility index (Phi) is 5.97. The van der Waals surface area contributed by atoms with Gasteiger partial charge >= 0.3 is 0 Å². The van der Waals surface area contributed by atoms with Crippen molar-refractivity contribution >= 4 is 23.2 Å². The van der Waals surface area contributed by atoms with Gasteiger partial charge in [-0.2, -0.15) is 10.4 Å². The van der Waals surface area contributed by atoms with E-state index in [9.17, 15) is 4.79 Å². The van der Waals surface area contributed by atoms with Gasteiger partial charge in [0, 0.05) is 17.4 Å². The first-order chi connectivity index (χ1) is 15.1. The van der Waals surface area contributed by atoms with E-state index in [4.69, 9.17) is 21.6 Å². The smallest absolute Gasteiger partial charge is 0.255 e. The standard InChI is InChI=1S/C24H17ClN4O2/c25-20-14-27-29(15-20)22-9-7-21(8-10-22)28-24(30)19-5-11-23(12-6-19)31-16-18-3-1-17(13-26)2-4-18/h1-12,14-15H,16H2,(H,28,30). The molecule has 0 saturated heterocycles. The Hall–Kier alpha value is -4.08. The molecule has 31 heavy (non-hydrogen) atoms. The number of rotatable bonds is 6. The molecule has 7 heteroatoms. The van der Waals surface area contributed by atoms with Gasteiger partial charge in [-0.15, -0.1) is 0 Å². The summed E-state index contributed by atoms with van der Waals surface area (Å²) in [6.07, 6.45) is 3.27. The normalized spacial score (nSPS) is 10.3. The van der Waals surface area contributed by atoms with E-state index in [0.29, 0.717) is 34.2 Å². The first kappa shape index (κ1) is 20.2. The van der Waals surface area contributed by atoms with E-state index in [-0.39, 0.29) is 5.91 Å². The van der Waals surface area contributed by atoms with Gasteiger partial charge in [0.05, 0.1) is 28.5 Å². The van der Waals surface area contributed by atoms with Crippen LogP contribution in [0.2, 0.25) is 5.02 Å². The highest BCUT2D eigenvalue weighted by Gasteiger charge is 2.07. The number of halogens is 1. The SMILES string of the molecule is N#Cc1ccc(COc2ccc(C(=O)Nc3ccc(-n4cc(Cl)cn4)cc3)cc2)cc1. The number of amides is 1. The maximum Gasteiger partial charge on any atom is 0.255 e. The van der Waals surface area contributed by atoms with E-state index in [1.807, 2.05) is 24.3 Å². The number of hydrogen-bond donors (Lipinski definition) is 1. The van der Waals surface area contributed by atoms with Crippen LogP contribution in [-0.2, 0) is 6.61 Å². The zero-order chi connectivity index (χ0) is 21.6. The minimum atomic E-state index is -0.214. The first-order valence-electron chi connectivity index (χ1n) is 9.44. The molecule has 0 spiro atoms. The molecule has 0 aliphatic heterocycles. The average Bonchev–Trinajstić information content (AvgIpc) is 3.25. The van der Waals surface area contributed by atoms with Crippen LogP contribution in [0.5, 0.6) is 5.75 Å². The van der Waals surface area contributed by atoms with Crippen LogP contribution in [0, 0.1) is 11.3 Å². The lowest BCUT2D eigenvalue weighted by molar-refractivity contribution is 0.102. The second-order valence-corrected chi connectivity index (χ2v) is 7.16. The quantitative estimate of drug-likeness (QED) is 0.456. The molecular weight excluding hydrogens is 412 g/mol. The molecule has 1 aromatic heterocycles. The Morgan fingerprint density at radius 3 is 2.35 bits per heavy atom. The maximum atomic E-state index is 12.5. The topological polar surface area (TPSA) is 79.9 Å². The third kappa shape index (κ3) is 5.10. The molecule has 0 saturated carbocycles. The van der Waals surface area contributed by atoms with E-state index in [1.54, 1.807) is 65.6 Å². The minimum Gasteiger partial charge on any atom is -0.489 e. The fraction of sp³-hybridized carbons (Fsp3) is 0.0417. The molecule has 0 aliphatic carbocycles. The van der Waals surface area contributed by atoms with E-state index in [2.05, 4.69) is 16.5 Å². The van der Waals surface area contributed by atoms with Crippen molar-refractivity contribution in [2.24, 2.45) is 0 Å². The summed E-state index contributed by atoms with van der Waals surface area (Å²) < 4.78 is 7.40. The lowest BCUT2D eigenvalue weighted by atomic mass is 10.1. The van der Waals surface area contributed by atoms with Crippen molar-refractivity contribution in [3.63, 3.8) is 0 Å². The summed E-state index contributed by atoms with van der Waals surface area (Å²) in [6.45, 7) is 0.380. The summed E-state index contributed by atoms with van der Waals surface area (Å²) in [5, 5.41) is 16.4. The van der Waals surface area contributed by atoms with Gasteiger partial charge in [-0.3, -0.25) is 4.79 Å². The fourth-order valence-electron chi connectivity index (χ4n) is 2.89. The van der Waals surface area contributed by atoms with Crippen LogP contribution in [0.1, 0.15) is 21.5 Å². The first-order valence-corrected chi connectivity index (χ1v) is 9.82. The zero-order valence-electron chi connectivity index (χ0n) is 16.3. The monoisotopic (exact) mass is 428 g/mol. The van der Waals surface area contributed by atoms with Crippen molar-refractivity contribution in [3.8, 4) is 17.5 Å². The lowest BCUT2D eigenvalue weighted by Crippen LogP contribution is -2.11. The van der Waals surface area contributed by atoms with Crippen molar-refractivity contribution in [2.45, 2.75) is 6.61 Å². The van der Waals surface area contributed by atoms with Crippen LogP contribution in [-0.4, -0.2) is 15.7 Å². The second kappa shape index (κ2) is 9.16. The fourth-order valence-corrected chi connectivity index (χ4v) is 3.02. The number of nitrogens with zero attached hydrogens (tertiary/aromatic N) is 3. The Bertz CT molecular complexity index is 1220. The number of nitrogens with one attached hydrogen (secondary N) is 1. The molecule has 0 unspecified atom stereocenters. The van der Waals surface area contributed by atoms with Gasteiger partial charge in [-0.1, -0.05) is 23.7 Å². The average molecular weight is 429 g/mol. The summed E-state index contributed by atoms with van der Waals surface area (Å²) in [5.74, 6) is 0.441. The van der Waals surface area contributed by atoms with Gasteiger partial charge in [0.15, 0.2) is 0 Å². The van der Waals surface area contributed by atoms with Gasteiger partial charge < -0.3 is 10.1 Å². The second-order valence-electron chi connectivity index (χ2n) is 6.73. The predicted molar refractivity (Wildman–Crippen MR) is 118 cm³/mol. The molecule has 152 valence electrons. The van der Waals surface area contributed by atoms with E-state index in [1.165, 1.54) is 0 Å². The Morgan fingerprint density at radius 2 is 1.74 bits per heavy atom. The number of ether oxygens (including phenoxy) is 1. The molecule has 3 aromatic carbocycles. The summed E-state index contributed by atoms with van der Waals surface area (Å²) in [6, 6.07) is 23.5. The van der Waals surface area contributed by atoms with Crippen LogP contribution in [0.3, 0.4) is 0 Å². The van der Waals surface area contributed by atoms with Gasteiger partial charge in [0.1, 0.15) is 12.4 Å². The summed E-state index contributed by atoms with van der Waals surface area (Å²) in [7, 11) is 0. The Balaban J connectivity index is 1.34. The van der Waals surface area contributed by atoms with Crippen LogP contribution < -0.4 is 10.1 Å². The van der Waals surface area contributed by atoms with Crippen molar-refractivity contribution in [1.82, 2.24) is 9.78 Å². The van der Waals surface area contributed by atoms with Gasteiger partial charge in [-0.05, 0) is 66.2 Å². The molecule has 0 fully saturated rings. The lowest BCUT2D eigenvalue weighted by Gasteiger charge is -2.09. The molecule has 0 atom stereocenters. The summed E-state index contributed by atoms with van der Waals surface area (Å²) >= 11 is 5.89. The van der Waals surface area contributed by atoms with Crippen molar-refractivity contribution in [1.29, 1.82) is 5.26 Å². The number of carbonyl (C=O) groups excluding carboxylic acids is 1. The molecular formula is C24H17ClN4O2. The molecule has 0 aliphatic rings. The highest BCUT2D eigenvalue weighted by molar-refractivity contribution is 6.30. The highest BCUT2D eigenvalue weighted by atomic mass is 35.5. The Morgan fingerprint density at radius 1 is 1.03 bits per heavy atom. The molecule has 1 heterocycles. The van der Waals surface area contributed by atoms with Crippen molar-refractivity contribution in [3.05, 3.63) is 107 Å². The number of anilines is 1. The third-order valence-corrected chi connectivity index (χ3v) is 4.74. The van der Waals surface area contributed by atoms with Gasteiger partial charge in [0.2, 0.25) is 0 Å². The molecule has 0 radical (unpaired) electrons. The maximum absolute atomic E-state index is 12.5. The van der Waals surface area contributed by atoms with Crippen LogP contribution in [0.25, 0.3) is 5.69 Å². The Labute approximate surface area is 184 Å². The predicted octanol–water partition coefficient (Wildman–Crippen LogP) is 5.23. The van der Waals surface area contributed by atoms with Crippen LogP contribution in [0.15, 0.2) is 85.2 Å². The number of aromatic nitrogens is 2. The molecule has 0 bridgehead atoms. The number of nitriles is 1. The molecule has 1 N–H and O–H groups in total. The minimum absolute atomic E-state index is 0.214. The number of carbonyl (C=O) groups is 1. The number of hydrogen-bond acceptors (Lipinski definition) is 4. The zero-order valence-corrected chi connectivity index (χ0v) is 17.1. The van der Waals surface area contributed by atoms with Gasteiger partial charge in [-0.25, -0.2) is 4.68 Å². The number of benzene rings is 3. The largest absolute Gasteiger partial charge is 0.489 e.